The third kappa shape index (κ3) is 3.53. The van der Waals surface area contributed by atoms with Crippen molar-refractivity contribution in [3.8, 4) is 0 Å². The second-order valence-electron chi connectivity index (χ2n) is 6.43. The SMILES string of the molecule is Cc1cc(C)c2ccc(NC(=O)CC(C)(C)C)nc2n1. The van der Waals surface area contributed by atoms with Gasteiger partial charge in [-0.2, -0.15) is 0 Å². The molecule has 0 radical (unpaired) electrons. The molecule has 2 aromatic heterocycles. The summed E-state index contributed by atoms with van der Waals surface area (Å²) in [5, 5.41) is 3.86. The largest absolute Gasteiger partial charge is 0.311 e. The van der Waals surface area contributed by atoms with Crippen molar-refractivity contribution < 1.29 is 4.79 Å². The number of nitrogens with one attached hydrogen (secondary N) is 1. The summed E-state index contributed by atoms with van der Waals surface area (Å²) in [7, 11) is 0. The van der Waals surface area contributed by atoms with E-state index in [2.05, 4.69) is 15.3 Å². The Labute approximate surface area is 119 Å². The Hall–Kier alpha value is -1.97. The van der Waals surface area contributed by atoms with E-state index in [9.17, 15) is 4.79 Å². The lowest BCUT2D eigenvalue weighted by Crippen LogP contribution is -2.20. The highest BCUT2D eigenvalue weighted by Gasteiger charge is 2.16. The first kappa shape index (κ1) is 14.4. The van der Waals surface area contributed by atoms with Gasteiger partial charge in [-0.25, -0.2) is 9.97 Å². The minimum atomic E-state index is -0.0354. The van der Waals surface area contributed by atoms with Crippen molar-refractivity contribution in [1.82, 2.24) is 9.97 Å². The van der Waals surface area contributed by atoms with Crippen LogP contribution in [0.15, 0.2) is 18.2 Å². The van der Waals surface area contributed by atoms with Crippen LogP contribution in [-0.4, -0.2) is 15.9 Å². The van der Waals surface area contributed by atoms with E-state index in [-0.39, 0.29) is 11.3 Å². The number of carbonyl (C=O) groups is 1. The first-order valence-corrected chi connectivity index (χ1v) is 6.79. The van der Waals surface area contributed by atoms with Crippen LogP contribution in [0.25, 0.3) is 11.0 Å². The summed E-state index contributed by atoms with van der Waals surface area (Å²) in [6.45, 7) is 10.1. The predicted molar refractivity (Wildman–Crippen MR) is 81.7 cm³/mol. The van der Waals surface area contributed by atoms with Crippen LogP contribution in [0.4, 0.5) is 5.82 Å². The first-order valence-electron chi connectivity index (χ1n) is 6.79. The predicted octanol–water partition coefficient (Wildman–Crippen LogP) is 3.62. The van der Waals surface area contributed by atoms with Crippen molar-refractivity contribution in [2.75, 3.05) is 5.32 Å². The summed E-state index contributed by atoms with van der Waals surface area (Å²) in [5.41, 5.74) is 2.72. The lowest BCUT2D eigenvalue weighted by molar-refractivity contribution is -0.117. The molecule has 0 bridgehead atoms. The van der Waals surface area contributed by atoms with E-state index in [1.807, 2.05) is 52.8 Å². The average Bonchev–Trinajstić information content (AvgIpc) is 2.24. The number of nitrogens with zero attached hydrogens (tertiary/aromatic N) is 2. The molecule has 0 fully saturated rings. The minimum Gasteiger partial charge on any atom is -0.311 e. The minimum absolute atomic E-state index is 0.0197. The zero-order valence-corrected chi connectivity index (χ0v) is 12.7. The fourth-order valence-corrected chi connectivity index (χ4v) is 2.17. The number of amides is 1. The van der Waals surface area contributed by atoms with Gasteiger partial charge >= 0.3 is 0 Å². The van der Waals surface area contributed by atoms with Gasteiger partial charge in [0.25, 0.3) is 0 Å². The van der Waals surface area contributed by atoms with Crippen molar-refractivity contribution in [3.05, 3.63) is 29.5 Å². The van der Waals surface area contributed by atoms with E-state index >= 15 is 0 Å². The van der Waals surface area contributed by atoms with E-state index in [4.69, 9.17) is 0 Å². The van der Waals surface area contributed by atoms with Gasteiger partial charge in [-0.3, -0.25) is 4.79 Å². The fourth-order valence-electron chi connectivity index (χ4n) is 2.17. The highest BCUT2D eigenvalue weighted by Crippen LogP contribution is 2.21. The molecule has 20 heavy (non-hydrogen) atoms. The quantitative estimate of drug-likeness (QED) is 0.907. The van der Waals surface area contributed by atoms with Gasteiger partial charge in [0, 0.05) is 17.5 Å². The van der Waals surface area contributed by atoms with Crippen molar-refractivity contribution in [2.45, 2.75) is 41.0 Å². The fraction of sp³-hybridized carbons (Fsp3) is 0.438. The van der Waals surface area contributed by atoms with Crippen LogP contribution in [0.1, 0.15) is 38.4 Å². The maximum Gasteiger partial charge on any atom is 0.226 e. The zero-order valence-electron chi connectivity index (χ0n) is 12.7. The smallest absolute Gasteiger partial charge is 0.226 e. The lowest BCUT2D eigenvalue weighted by Gasteiger charge is -2.17. The van der Waals surface area contributed by atoms with Gasteiger partial charge < -0.3 is 5.32 Å². The molecular weight excluding hydrogens is 250 g/mol. The van der Waals surface area contributed by atoms with Crippen LogP contribution >= 0.6 is 0 Å². The molecular formula is C16H21N3O. The van der Waals surface area contributed by atoms with Crippen LogP contribution in [-0.2, 0) is 4.79 Å². The molecule has 0 spiro atoms. The highest BCUT2D eigenvalue weighted by molar-refractivity contribution is 5.91. The molecule has 1 amide bonds. The number of fused-ring (bicyclic) bond motifs is 1. The van der Waals surface area contributed by atoms with E-state index in [1.165, 1.54) is 0 Å². The number of aromatic nitrogens is 2. The van der Waals surface area contributed by atoms with E-state index in [0.29, 0.717) is 17.9 Å². The Morgan fingerprint density at radius 1 is 1.20 bits per heavy atom. The van der Waals surface area contributed by atoms with Crippen molar-refractivity contribution in [3.63, 3.8) is 0 Å². The summed E-state index contributed by atoms with van der Waals surface area (Å²) in [6, 6.07) is 5.81. The Morgan fingerprint density at radius 2 is 1.90 bits per heavy atom. The maximum atomic E-state index is 11.9. The van der Waals surface area contributed by atoms with Crippen molar-refractivity contribution in [2.24, 2.45) is 5.41 Å². The van der Waals surface area contributed by atoms with Crippen LogP contribution in [0.5, 0.6) is 0 Å². The molecule has 4 nitrogen and oxygen atoms in total. The molecule has 1 N–H and O–H groups in total. The normalized spacial score (nSPS) is 11.7. The molecule has 0 aliphatic heterocycles. The molecule has 2 rings (SSSR count). The molecule has 0 saturated heterocycles. The Kier molecular flexibility index (Phi) is 3.75. The molecule has 106 valence electrons. The second kappa shape index (κ2) is 5.19. The molecule has 0 saturated carbocycles. The molecule has 0 aliphatic carbocycles. The third-order valence-electron chi connectivity index (χ3n) is 2.97. The summed E-state index contributed by atoms with van der Waals surface area (Å²) in [4.78, 5) is 20.8. The van der Waals surface area contributed by atoms with Crippen molar-refractivity contribution >= 4 is 22.8 Å². The van der Waals surface area contributed by atoms with Crippen molar-refractivity contribution in [1.29, 1.82) is 0 Å². The maximum absolute atomic E-state index is 11.9. The number of hydrogen-bond donors (Lipinski definition) is 1. The monoisotopic (exact) mass is 271 g/mol. The van der Waals surface area contributed by atoms with Crippen LogP contribution in [0.2, 0.25) is 0 Å². The zero-order chi connectivity index (χ0) is 14.9. The Balaban J connectivity index is 2.26. The Bertz CT molecular complexity index is 657. The molecule has 0 unspecified atom stereocenters. The summed E-state index contributed by atoms with van der Waals surface area (Å²) in [5.74, 6) is 0.540. The topological polar surface area (TPSA) is 54.9 Å². The average molecular weight is 271 g/mol. The molecule has 0 aromatic carbocycles. The van der Waals surface area contributed by atoms with Crippen LogP contribution < -0.4 is 5.32 Å². The van der Waals surface area contributed by atoms with E-state index in [1.54, 1.807) is 0 Å². The van der Waals surface area contributed by atoms with E-state index in [0.717, 1.165) is 16.6 Å². The number of anilines is 1. The van der Waals surface area contributed by atoms with Gasteiger partial charge in [0.1, 0.15) is 5.82 Å². The molecule has 2 heterocycles. The molecule has 0 atom stereocenters. The van der Waals surface area contributed by atoms with Gasteiger partial charge in [0.15, 0.2) is 5.65 Å². The number of pyridine rings is 2. The van der Waals surface area contributed by atoms with Gasteiger partial charge in [-0.15, -0.1) is 0 Å². The number of hydrogen-bond acceptors (Lipinski definition) is 3. The first-order chi connectivity index (χ1) is 9.24. The van der Waals surface area contributed by atoms with Crippen LogP contribution in [0.3, 0.4) is 0 Å². The molecule has 0 aliphatic rings. The number of rotatable bonds is 2. The second-order valence-corrected chi connectivity index (χ2v) is 6.43. The number of aryl methyl sites for hydroxylation is 2. The number of carbonyl (C=O) groups excluding carboxylic acids is 1. The Morgan fingerprint density at radius 3 is 2.55 bits per heavy atom. The molecule has 2 aromatic rings. The van der Waals surface area contributed by atoms with Gasteiger partial charge in [-0.05, 0) is 43.0 Å². The van der Waals surface area contributed by atoms with E-state index < -0.39 is 0 Å². The summed E-state index contributed by atoms with van der Waals surface area (Å²) in [6.07, 6.45) is 0.465. The van der Waals surface area contributed by atoms with Gasteiger partial charge in [0.2, 0.25) is 5.91 Å². The summed E-state index contributed by atoms with van der Waals surface area (Å²) < 4.78 is 0. The summed E-state index contributed by atoms with van der Waals surface area (Å²) >= 11 is 0. The standard InChI is InChI=1S/C16H21N3O/c1-10-8-11(2)17-15-12(10)6-7-13(19-15)18-14(20)9-16(3,4)5/h6-8H,9H2,1-5H3,(H,17,18,19,20). The lowest BCUT2D eigenvalue weighted by atomic mass is 9.92. The van der Waals surface area contributed by atoms with Gasteiger partial charge in [-0.1, -0.05) is 20.8 Å². The molecule has 4 heteroatoms. The van der Waals surface area contributed by atoms with Crippen LogP contribution in [0, 0.1) is 19.3 Å². The highest BCUT2D eigenvalue weighted by atomic mass is 16.1. The third-order valence-corrected chi connectivity index (χ3v) is 2.97. The van der Waals surface area contributed by atoms with Gasteiger partial charge in [0.05, 0.1) is 0 Å².